The largest absolute Gasteiger partial charge is 0.481 e. The van der Waals surface area contributed by atoms with Gasteiger partial charge in [0.05, 0.1) is 5.92 Å². The van der Waals surface area contributed by atoms with Crippen LogP contribution in [0.1, 0.15) is 5.56 Å². The summed E-state index contributed by atoms with van der Waals surface area (Å²) in [5.74, 6) is -4.18. The molecular formula is C11H12O5. The number of aliphatic carboxylic acids is 2. The highest BCUT2D eigenvalue weighted by molar-refractivity contribution is 5.81. The van der Waals surface area contributed by atoms with Crippen LogP contribution < -0.4 is 0 Å². The maximum Gasteiger partial charge on any atom is 0.333 e. The van der Waals surface area contributed by atoms with Crippen LogP contribution >= 0.6 is 0 Å². The van der Waals surface area contributed by atoms with Gasteiger partial charge in [-0.15, -0.1) is 0 Å². The van der Waals surface area contributed by atoms with Crippen molar-refractivity contribution < 1.29 is 24.9 Å². The van der Waals surface area contributed by atoms with Crippen LogP contribution in [0.4, 0.5) is 0 Å². The van der Waals surface area contributed by atoms with E-state index in [0.717, 1.165) is 0 Å². The number of hydrogen-bond acceptors (Lipinski definition) is 3. The molecule has 0 amide bonds. The number of benzene rings is 1. The Morgan fingerprint density at radius 2 is 1.62 bits per heavy atom. The summed E-state index contributed by atoms with van der Waals surface area (Å²) in [6.45, 7) is 0. The minimum Gasteiger partial charge on any atom is -0.481 e. The highest BCUT2D eigenvalue weighted by atomic mass is 16.4. The molecule has 0 bridgehead atoms. The van der Waals surface area contributed by atoms with Gasteiger partial charge in [-0.2, -0.15) is 0 Å². The zero-order valence-electron chi connectivity index (χ0n) is 8.41. The van der Waals surface area contributed by atoms with Crippen molar-refractivity contribution in [2.75, 3.05) is 0 Å². The Morgan fingerprint density at radius 1 is 1.06 bits per heavy atom. The number of carboxylic acids is 2. The summed E-state index contributed by atoms with van der Waals surface area (Å²) in [7, 11) is 0. The van der Waals surface area contributed by atoms with E-state index in [4.69, 9.17) is 10.2 Å². The van der Waals surface area contributed by atoms with Gasteiger partial charge < -0.3 is 15.3 Å². The molecule has 5 nitrogen and oxygen atoms in total. The van der Waals surface area contributed by atoms with Gasteiger partial charge in [0.25, 0.3) is 0 Å². The molecule has 1 aromatic rings. The summed E-state index contributed by atoms with van der Waals surface area (Å²) in [6, 6.07) is 8.59. The van der Waals surface area contributed by atoms with Gasteiger partial charge in [-0.05, 0) is 12.0 Å². The third-order valence-corrected chi connectivity index (χ3v) is 2.25. The van der Waals surface area contributed by atoms with Gasteiger partial charge in [0.15, 0.2) is 6.10 Å². The lowest BCUT2D eigenvalue weighted by molar-refractivity contribution is -0.159. The lowest BCUT2D eigenvalue weighted by atomic mass is 9.94. The normalized spacial score (nSPS) is 14.1. The van der Waals surface area contributed by atoms with Crippen LogP contribution in [0.15, 0.2) is 30.3 Å². The number of aliphatic hydroxyl groups is 1. The van der Waals surface area contributed by atoms with Crippen LogP contribution in [0, 0.1) is 5.92 Å². The molecule has 0 spiro atoms. The molecule has 0 aliphatic carbocycles. The topological polar surface area (TPSA) is 94.8 Å². The van der Waals surface area contributed by atoms with Crippen molar-refractivity contribution in [3.63, 3.8) is 0 Å². The van der Waals surface area contributed by atoms with Crippen molar-refractivity contribution in [3.05, 3.63) is 35.9 Å². The molecule has 0 saturated carbocycles. The van der Waals surface area contributed by atoms with E-state index in [2.05, 4.69) is 0 Å². The highest BCUT2D eigenvalue weighted by Gasteiger charge is 2.31. The monoisotopic (exact) mass is 224 g/mol. The maximum absolute atomic E-state index is 10.8. The SMILES string of the molecule is O=C(O)C(Cc1ccccc1)[C@H](O)C(=O)O. The summed E-state index contributed by atoms with van der Waals surface area (Å²) in [5, 5.41) is 26.6. The molecule has 0 fully saturated rings. The van der Waals surface area contributed by atoms with Crippen molar-refractivity contribution in [3.8, 4) is 0 Å². The fraction of sp³-hybridized carbons (Fsp3) is 0.273. The van der Waals surface area contributed by atoms with Gasteiger partial charge in [0, 0.05) is 0 Å². The first-order valence-electron chi connectivity index (χ1n) is 4.70. The molecule has 2 atom stereocenters. The predicted octanol–water partition coefficient (Wildman–Crippen LogP) is 0.375. The van der Waals surface area contributed by atoms with E-state index in [1.807, 2.05) is 0 Å². The van der Waals surface area contributed by atoms with Gasteiger partial charge >= 0.3 is 11.9 Å². The summed E-state index contributed by atoms with van der Waals surface area (Å²) in [4.78, 5) is 21.3. The molecule has 1 rings (SSSR count). The van der Waals surface area contributed by atoms with Crippen molar-refractivity contribution in [1.82, 2.24) is 0 Å². The van der Waals surface area contributed by atoms with Crippen LogP contribution in [0.3, 0.4) is 0 Å². The summed E-state index contributed by atoms with van der Waals surface area (Å²) < 4.78 is 0. The zero-order chi connectivity index (χ0) is 12.1. The number of hydrogen-bond donors (Lipinski definition) is 3. The Balaban J connectivity index is 2.81. The number of aliphatic hydroxyl groups excluding tert-OH is 1. The van der Waals surface area contributed by atoms with Crippen LogP contribution in [0.25, 0.3) is 0 Å². The van der Waals surface area contributed by atoms with Gasteiger partial charge in [-0.1, -0.05) is 30.3 Å². The third kappa shape index (κ3) is 3.06. The first-order valence-corrected chi connectivity index (χ1v) is 4.70. The van der Waals surface area contributed by atoms with E-state index in [-0.39, 0.29) is 6.42 Å². The second kappa shape index (κ2) is 5.27. The van der Waals surface area contributed by atoms with Gasteiger partial charge in [-0.25, -0.2) is 4.79 Å². The quantitative estimate of drug-likeness (QED) is 0.671. The Hall–Kier alpha value is -1.88. The van der Waals surface area contributed by atoms with Gasteiger partial charge in [0.1, 0.15) is 0 Å². The number of carboxylic acid groups (broad SMARTS) is 2. The van der Waals surface area contributed by atoms with E-state index in [9.17, 15) is 14.7 Å². The summed E-state index contributed by atoms with van der Waals surface area (Å²) >= 11 is 0. The molecule has 1 aromatic carbocycles. The molecule has 0 radical (unpaired) electrons. The molecule has 0 aliphatic rings. The maximum atomic E-state index is 10.8. The van der Waals surface area contributed by atoms with E-state index in [1.54, 1.807) is 30.3 Å². The van der Waals surface area contributed by atoms with Crippen molar-refractivity contribution in [2.24, 2.45) is 5.92 Å². The second-order valence-corrected chi connectivity index (χ2v) is 3.42. The van der Waals surface area contributed by atoms with E-state index >= 15 is 0 Å². The van der Waals surface area contributed by atoms with Crippen LogP contribution in [0.5, 0.6) is 0 Å². The van der Waals surface area contributed by atoms with Crippen molar-refractivity contribution in [1.29, 1.82) is 0 Å². The first-order chi connectivity index (χ1) is 7.52. The van der Waals surface area contributed by atoms with Crippen molar-refractivity contribution >= 4 is 11.9 Å². The van der Waals surface area contributed by atoms with Crippen molar-refractivity contribution in [2.45, 2.75) is 12.5 Å². The highest BCUT2D eigenvalue weighted by Crippen LogP contribution is 2.13. The first kappa shape index (κ1) is 12.2. The predicted molar refractivity (Wildman–Crippen MR) is 54.9 cm³/mol. The summed E-state index contributed by atoms with van der Waals surface area (Å²) in [5.41, 5.74) is 0.676. The molecule has 1 unspecified atom stereocenters. The second-order valence-electron chi connectivity index (χ2n) is 3.42. The average molecular weight is 224 g/mol. The van der Waals surface area contributed by atoms with E-state index < -0.39 is 24.0 Å². The third-order valence-electron chi connectivity index (χ3n) is 2.25. The molecule has 86 valence electrons. The smallest absolute Gasteiger partial charge is 0.333 e. The van der Waals surface area contributed by atoms with Gasteiger partial charge in [-0.3, -0.25) is 4.79 Å². The zero-order valence-corrected chi connectivity index (χ0v) is 8.41. The van der Waals surface area contributed by atoms with Gasteiger partial charge in [0.2, 0.25) is 0 Å². The number of rotatable bonds is 5. The minimum absolute atomic E-state index is 0.0103. The Morgan fingerprint density at radius 3 is 2.06 bits per heavy atom. The lowest BCUT2D eigenvalue weighted by Gasteiger charge is -2.15. The van der Waals surface area contributed by atoms with E-state index in [1.165, 1.54) is 0 Å². The number of carbonyl (C=O) groups is 2. The minimum atomic E-state index is -1.89. The standard InChI is InChI=1S/C11H12O5/c12-9(11(15)16)8(10(13)14)6-7-4-2-1-3-5-7/h1-5,8-9,12H,6H2,(H,13,14)(H,15,16)/t8?,9-/m0/s1. The Kier molecular flexibility index (Phi) is 4.02. The lowest BCUT2D eigenvalue weighted by Crippen LogP contribution is -2.36. The molecule has 0 saturated heterocycles. The Labute approximate surface area is 92.0 Å². The molecular weight excluding hydrogens is 212 g/mol. The molecule has 16 heavy (non-hydrogen) atoms. The van der Waals surface area contributed by atoms with Crippen LogP contribution in [0.2, 0.25) is 0 Å². The average Bonchev–Trinajstić information content (AvgIpc) is 2.26. The van der Waals surface area contributed by atoms with E-state index in [0.29, 0.717) is 5.56 Å². The molecule has 3 N–H and O–H groups in total. The molecule has 5 heteroatoms. The van der Waals surface area contributed by atoms with Crippen LogP contribution in [-0.4, -0.2) is 33.4 Å². The summed E-state index contributed by atoms with van der Waals surface area (Å²) in [6.07, 6.45) is -1.90. The molecule has 0 aliphatic heterocycles. The fourth-order valence-electron chi connectivity index (χ4n) is 1.37. The molecule has 0 heterocycles. The molecule has 0 aromatic heterocycles. The van der Waals surface area contributed by atoms with Crippen LogP contribution in [-0.2, 0) is 16.0 Å². The Bertz CT molecular complexity index is 373. The fourth-order valence-corrected chi connectivity index (χ4v) is 1.37.